The monoisotopic (exact) mass is 228 g/mol. The van der Waals surface area contributed by atoms with Gasteiger partial charge in [-0.05, 0) is 33.6 Å². The largest absolute Gasteiger partial charge is 0.375 e. The van der Waals surface area contributed by atoms with E-state index in [1.54, 1.807) is 0 Å². The quantitative estimate of drug-likeness (QED) is 0.611. The molecule has 0 aromatic rings. The van der Waals surface area contributed by atoms with Crippen molar-refractivity contribution in [2.45, 2.75) is 51.7 Å². The van der Waals surface area contributed by atoms with Crippen LogP contribution in [0.4, 0.5) is 0 Å². The molecular weight excluding hydrogens is 204 g/mol. The second-order valence-corrected chi connectivity index (χ2v) is 4.96. The molecule has 94 valence electrons. The molecule has 0 saturated heterocycles. The van der Waals surface area contributed by atoms with Crippen molar-refractivity contribution in [2.75, 3.05) is 19.7 Å². The van der Waals surface area contributed by atoms with Crippen molar-refractivity contribution >= 4 is 5.91 Å². The van der Waals surface area contributed by atoms with Crippen molar-refractivity contribution in [1.82, 2.24) is 10.6 Å². The Kier molecular flexibility index (Phi) is 5.22. The van der Waals surface area contributed by atoms with Gasteiger partial charge in [-0.25, -0.2) is 0 Å². The second-order valence-electron chi connectivity index (χ2n) is 4.96. The predicted molar refractivity (Wildman–Crippen MR) is 64.4 cm³/mol. The number of rotatable bonds is 8. The number of hydrogen-bond donors (Lipinski definition) is 2. The molecule has 1 fully saturated rings. The number of amides is 1. The topological polar surface area (TPSA) is 50.4 Å². The molecule has 1 rings (SSSR count). The number of hydrogen-bond acceptors (Lipinski definition) is 3. The van der Waals surface area contributed by atoms with Crippen LogP contribution in [0, 0.1) is 0 Å². The molecule has 0 bridgehead atoms. The molecule has 16 heavy (non-hydrogen) atoms. The van der Waals surface area contributed by atoms with Crippen molar-refractivity contribution in [3.05, 3.63) is 0 Å². The number of ether oxygens (including phenoxy) is 1. The smallest absolute Gasteiger partial charge is 0.221 e. The van der Waals surface area contributed by atoms with Crippen molar-refractivity contribution in [3.8, 4) is 0 Å². The summed E-state index contributed by atoms with van der Waals surface area (Å²) in [6, 6.07) is 0.465. The highest BCUT2D eigenvalue weighted by Crippen LogP contribution is 2.18. The summed E-state index contributed by atoms with van der Waals surface area (Å²) < 4.78 is 5.55. The summed E-state index contributed by atoms with van der Waals surface area (Å²) in [4.78, 5) is 11.4. The molecule has 0 unspecified atom stereocenters. The fourth-order valence-electron chi connectivity index (χ4n) is 1.56. The first kappa shape index (κ1) is 13.5. The normalized spacial score (nSPS) is 16.2. The van der Waals surface area contributed by atoms with Gasteiger partial charge in [0.2, 0.25) is 5.91 Å². The first-order valence-electron chi connectivity index (χ1n) is 6.17. The van der Waals surface area contributed by atoms with E-state index in [0.29, 0.717) is 12.5 Å². The van der Waals surface area contributed by atoms with Gasteiger partial charge in [-0.1, -0.05) is 0 Å². The van der Waals surface area contributed by atoms with Crippen LogP contribution in [0.5, 0.6) is 0 Å². The Morgan fingerprint density at radius 2 is 2.12 bits per heavy atom. The Hall–Kier alpha value is -0.610. The minimum Gasteiger partial charge on any atom is -0.375 e. The average molecular weight is 228 g/mol. The highest BCUT2D eigenvalue weighted by atomic mass is 16.5. The molecule has 1 amide bonds. The molecule has 0 aromatic heterocycles. The standard InChI is InChI=1S/C12H24N2O2/c1-4-16-12(2,3)9-13-8-7-11(15)14-10-5-6-10/h10,13H,4-9H2,1-3H3,(H,14,15). The number of carbonyl (C=O) groups excluding carboxylic acids is 1. The summed E-state index contributed by atoms with van der Waals surface area (Å²) in [7, 11) is 0. The van der Waals surface area contributed by atoms with E-state index in [-0.39, 0.29) is 11.5 Å². The van der Waals surface area contributed by atoms with Crippen LogP contribution >= 0.6 is 0 Å². The summed E-state index contributed by atoms with van der Waals surface area (Å²) in [5.41, 5.74) is -0.151. The summed E-state index contributed by atoms with van der Waals surface area (Å²) in [5.74, 6) is 0.157. The zero-order chi connectivity index (χ0) is 12.0. The molecule has 0 aromatic carbocycles. The van der Waals surface area contributed by atoms with E-state index >= 15 is 0 Å². The van der Waals surface area contributed by atoms with Crippen molar-refractivity contribution in [2.24, 2.45) is 0 Å². The lowest BCUT2D eigenvalue weighted by Gasteiger charge is -2.24. The first-order chi connectivity index (χ1) is 7.53. The van der Waals surface area contributed by atoms with E-state index in [4.69, 9.17) is 4.74 Å². The van der Waals surface area contributed by atoms with E-state index in [1.165, 1.54) is 0 Å². The van der Waals surface area contributed by atoms with Gasteiger partial charge in [0.05, 0.1) is 5.60 Å². The number of carbonyl (C=O) groups is 1. The highest BCUT2D eigenvalue weighted by molar-refractivity contribution is 5.76. The maximum absolute atomic E-state index is 11.4. The van der Waals surface area contributed by atoms with Crippen molar-refractivity contribution in [3.63, 3.8) is 0 Å². The van der Waals surface area contributed by atoms with Gasteiger partial charge in [0.1, 0.15) is 0 Å². The summed E-state index contributed by atoms with van der Waals surface area (Å²) in [6.07, 6.45) is 2.85. The van der Waals surface area contributed by atoms with Crippen LogP contribution in [-0.2, 0) is 9.53 Å². The maximum atomic E-state index is 11.4. The molecule has 4 heteroatoms. The summed E-state index contributed by atoms with van der Waals surface area (Å²) in [6.45, 7) is 8.30. The molecule has 0 spiro atoms. The van der Waals surface area contributed by atoms with Gasteiger partial charge < -0.3 is 15.4 Å². The van der Waals surface area contributed by atoms with Crippen LogP contribution in [0.2, 0.25) is 0 Å². The van der Waals surface area contributed by atoms with Crippen LogP contribution in [0.15, 0.2) is 0 Å². The average Bonchev–Trinajstić information content (AvgIpc) is 2.96. The Balaban J connectivity index is 1.99. The third-order valence-corrected chi connectivity index (χ3v) is 2.56. The highest BCUT2D eigenvalue weighted by Gasteiger charge is 2.23. The Morgan fingerprint density at radius 1 is 1.44 bits per heavy atom. The van der Waals surface area contributed by atoms with E-state index < -0.39 is 0 Å². The molecule has 1 aliphatic carbocycles. The maximum Gasteiger partial charge on any atom is 0.221 e. The minimum atomic E-state index is -0.151. The van der Waals surface area contributed by atoms with Gasteiger partial charge in [0, 0.05) is 32.2 Å². The Labute approximate surface area is 98.1 Å². The van der Waals surface area contributed by atoms with Crippen molar-refractivity contribution < 1.29 is 9.53 Å². The third-order valence-electron chi connectivity index (χ3n) is 2.56. The fraction of sp³-hybridized carbons (Fsp3) is 0.917. The lowest BCUT2D eigenvalue weighted by atomic mass is 10.1. The van der Waals surface area contributed by atoms with Crippen LogP contribution in [-0.4, -0.2) is 37.2 Å². The van der Waals surface area contributed by atoms with E-state index in [0.717, 1.165) is 32.5 Å². The fourth-order valence-corrected chi connectivity index (χ4v) is 1.56. The van der Waals surface area contributed by atoms with Crippen LogP contribution in [0.25, 0.3) is 0 Å². The molecule has 4 nitrogen and oxygen atoms in total. The van der Waals surface area contributed by atoms with E-state index in [9.17, 15) is 4.79 Å². The van der Waals surface area contributed by atoms with Gasteiger partial charge in [-0.3, -0.25) is 4.79 Å². The molecule has 1 aliphatic rings. The van der Waals surface area contributed by atoms with Crippen LogP contribution < -0.4 is 10.6 Å². The zero-order valence-electron chi connectivity index (χ0n) is 10.6. The van der Waals surface area contributed by atoms with Crippen LogP contribution in [0.1, 0.15) is 40.0 Å². The van der Waals surface area contributed by atoms with Gasteiger partial charge in [0.25, 0.3) is 0 Å². The summed E-state index contributed by atoms with van der Waals surface area (Å²) >= 11 is 0. The molecule has 0 radical (unpaired) electrons. The third kappa shape index (κ3) is 6.08. The Bertz CT molecular complexity index is 225. The van der Waals surface area contributed by atoms with E-state index in [2.05, 4.69) is 10.6 Å². The van der Waals surface area contributed by atoms with E-state index in [1.807, 2.05) is 20.8 Å². The lowest BCUT2D eigenvalue weighted by Crippen LogP contribution is -2.39. The number of nitrogens with one attached hydrogen (secondary N) is 2. The van der Waals surface area contributed by atoms with Crippen LogP contribution in [0.3, 0.4) is 0 Å². The SMILES string of the molecule is CCOC(C)(C)CNCCC(=O)NC1CC1. The van der Waals surface area contributed by atoms with Crippen molar-refractivity contribution in [1.29, 1.82) is 0 Å². The van der Waals surface area contributed by atoms with Gasteiger partial charge in [0.15, 0.2) is 0 Å². The predicted octanol–water partition coefficient (Wildman–Crippen LogP) is 1.06. The van der Waals surface area contributed by atoms with Gasteiger partial charge >= 0.3 is 0 Å². The van der Waals surface area contributed by atoms with Gasteiger partial charge in [-0.2, -0.15) is 0 Å². The second kappa shape index (κ2) is 6.21. The molecule has 1 saturated carbocycles. The summed E-state index contributed by atoms with van der Waals surface area (Å²) in [5, 5.41) is 6.22. The molecule has 2 N–H and O–H groups in total. The minimum absolute atomic E-state index is 0.151. The molecule has 0 aliphatic heterocycles. The molecule has 0 heterocycles. The zero-order valence-corrected chi connectivity index (χ0v) is 10.6. The van der Waals surface area contributed by atoms with Gasteiger partial charge in [-0.15, -0.1) is 0 Å². The lowest BCUT2D eigenvalue weighted by molar-refractivity contribution is -0.121. The molecule has 0 atom stereocenters. The first-order valence-corrected chi connectivity index (χ1v) is 6.17. The molecular formula is C12H24N2O2. The Morgan fingerprint density at radius 3 is 2.69 bits per heavy atom.